The average Bonchev–Trinajstić information content (AvgIpc) is 3.33. The maximum Gasteiger partial charge on any atom is 0.254 e. The second kappa shape index (κ2) is 7.03. The van der Waals surface area contributed by atoms with Crippen molar-refractivity contribution in [2.75, 3.05) is 10.6 Å². The lowest BCUT2D eigenvalue weighted by Crippen LogP contribution is -2.19. The number of hydrogen-bond donors (Lipinski definition) is 4. The third-order valence-corrected chi connectivity index (χ3v) is 5.18. The number of aromatic nitrogens is 3. The molecular weight excluding hydrogens is 408 g/mol. The molecule has 0 unspecified atom stereocenters. The van der Waals surface area contributed by atoms with Crippen LogP contribution in [-0.2, 0) is 9.59 Å². The zero-order chi connectivity index (χ0) is 20.8. The Hall–Kier alpha value is -3.59. The van der Waals surface area contributed by atoms with E-state index in [0.29, 0.717) is 39.4 Å². The monoisotopic (exact) mass is 424 g/mol. The molecular formula is C20H17ClN6O3. The minimum Gasteiger partial charge on any atom is -0.508 e. The van der Waals surface area contributed by atoms with Gasteiger partial charge >= 0.3 is 0 Å². The normalized spacial score (nSPS) is 17.6. The molecule has 1 aromatic carbocycles. The summed E-state index contributed by atoms with van der Waals surface area (Å²) in [4.78, 5) is 28.1. The van der Waals surface area contributed by atoms with Crippen LogP contribution in [0.15, 0.2) is 36.0 Å². The van der Waals surface area contributed by atoms with Gasteiger partial charge in [0.05, 0.1) is 23.3 Å². The molecule has 2 fully saturated rings. The van der Waals surface area contributed by atoms with Crippen molar-refractivity contribution in [3.63, 3.8) is 0 Å². The van der Waals surface area contributed by atoms with E-state index < -0.39 is 5.91 Å². The Kier molecular flexibility index (Phi) is 4.32. The lowest BCUT2D eigenvalue weighted by Gasteiger charge is -2.12. The summed E-state index contributed by atoms with van der Waals surface area (Å²) in [6.45, 7) is 0. The van der Waals surface area contributed by atoms with E-state index in [2.05, 4.69) is 26.0 Å². The van der Waals surface area contributed by atoms with Crippen LogP contribution in [-0.4, -0.2) is 37.6 Å². The number of imide groups is 1. The third kappa shape index (κ3) is 3.55. The number of hydrogen-bond acceptors (Lipinski definition) is 7. The maximum absolute atomic E-state index is 11.9. The van der Waals surface area contributed by atoms with Crippen LogP contribution in [0.2, 0.25) is 5.02 Å². The van der Waals surface area contributed by atoms with Gasteiger partial charge in [0, 0.05) is 29.3 Å². The molecule has 2 aliphatic rings. The van der Waals surface area contributed by atoms with Gasteiger partial charge in [-0.2, -0.15) is 9.61 Å². The third-order valence-electron chi connectivity index (χ3n) is 4.87. The first kappa shape index (κ1) is 18.4. The van der Waals surface area contributed by atoms with Crippen molar-refractivity contribution in [3.05, 3.63) is 46.6 Å². The minimum atomic E-state index is -0.402. The first-order valence-corrected chi connectivity index (χ1v) is 9.80. The fourth-order valence-corrected chi connectivity index (χ4v) is 3.46. The molecule has 1 aliphatic carbocycles. The number of benzene rings is 1. The van der Waals surface area contributed by atoms with Crippen molar-refractivity contribution in [1.29, 1.82) is 0 Å². The van der Waals surface area contributed by atoms with E-state index >= 15 is 0 Å². The number of aromatic hydroxyl groups is 1. The summed E-state index contributed by atoms with van der Waals surface area (Å²) in [5.41, 5.74) is 2.10. The van der Waals surface area contributed by atoms with Crippen molar-refractivity contribution >= 4 is 52.5 Å². The predicted octanol–water partition coefficient (Wildman–Crippen LogP) is 2.84. The Morgan fingerprint density at radius 2 is 2.10 bits per heavy atom. The number of nitrogens with one attached hydrogen (secondary N) is 3. The number of phenolic OH excluding ortho intramolecular Hbond substituents is 1. The van der Waals surface area contributed by atoms with Crippen LogP contribution in [0.25, 0.3) is 11.7 Å². The fraction of sp³-hybridized carbons (Fsp3) is 0.200. The molecule has 4 N–H and O–H groups in total. The molecule has 2 aromatic heterocycles. The lowest BCUT2D eigenvalue weighted by molar-refractivity contribution is -0.124. The summed E-state index contributed by atoms with van der Waals surface area (Å²) in [6, 6.07) is 6.83. The topological polar surface area (TPSA) is 121 Å². The second-order valence-corrected chi connectivity index (χ2v) is 7.70. The predicted molar refractivity (Wildman–Crippen MR) is 112 cm³/mol. The van der Waals surface area contributed by atoms with Gasteiger partial charge in [-0.05, 0) is 31.1 Å². The van der Waals surface area contributed by atoms with Crippen molar-refractivity contribution in [1.82, 2.24) is 19.9 Å². The van der Waals surface area contributed by atoms with Crippen LogP contribution in [0.5, 0.6) is 5.75 Å². The standard InChI is InChI=1S/C20H17ClN6O3/c21-14-7-13(28)3-4-15(14)24-16-8-17(23-12-1-2-12)27-19(25-16)11(9-22-27)5-10-6-18(29)26-20(10)30/h3-5,7-9,12,23,28H,1-2,6H2,(H,24,25)(H,26,29,30)/b10-5+. The van der Waals surface area contributed by atoms with Gasteiger partial charge < -0.3 is 15.7 Å². The number of carbonyl (C=O) groups excluding carboxylic acids is 2. The molecule has 0 atom stereocenters. The van der Waals surface area contributed by atoms with E-state index in [1.54, 1.807) is 22.9 Å². The summed E-state index contributed by atoms with van der Waals surface area (Å²) < 4.78 is 1.67. The summed E-state index contributed by atoms with van der Waals surface area (Å²) in [5.74, 6) is 0.609. The van der Waals surface area contributed by atoms with E-state index in [1.165, 1.54) is 12.1 Å². The van der Waals surface area contributed by atoms with E-state index in [1.807, 2.05) is 6.07 Å². The van der Waals surface area contributed by atoms with Crippen LogP contribution < -0.4 is 16.0 Å². The molecule has 0 radical (unpaired) electrons. The Morgan fingerprint density at radius 3 is 2.80 bits per heavy atom. The van der Waals surface area contributed by atoms with Crippen LogP contribution in [0.1, 0.15) is 24.8 Å². The molecule has 0 bridgehead atoms. The highest BCUT2D eigenvalue weighted by Crippen LogP contribution is 2.31. The van der Waals surface area contributed by atoms with Crippen molar-refractivity contribution in [2.24, 2.45) is 0 Å². The van der Waals surface area contributed by atoms with Gasteiger partial charge in [0.25, 0.3) is 5.91 Å². The molecule has 10 heteroatoms. The highest BCUT2D eigenvalue weighted by Gasteiger charge is 2.25. The van der Waals surface area contributed by atoms with Gasteiger partial charge in [-0.3, -0.25) is 14.9 Å². The molecule has 3 heterocycles. The number of carbonyl (C=O) groups is 2. The number of nitrogens with zero attached hydrogens (tertiary/aromatic N) is 3. The average molecular weight is 425 g/mol. The molecule has 2 amide bonds. The first-order valence-electron chi connectivity index (χ1n) is 9.42. The van der Waals surface area contributed by atoms with E-state index in [9.17, 15) is 14.7 Å². The molecule has 152 valence electrons. The lowest BCUT2D eigenvalue weighted by atomic mass is 10.1. The molecule has 9 nitrogen and oxygen atoms in total. The molecule has 1 saturated carbocycles. The number of anilines is 3. The Bertz CT molecular complexity index is 1230. The smallest absolute Gasteiger partial charge is 0.254 e. The summed E-state index contributed by atoms with van der Waals surface area (Å²) >= 11 is 6.22. The SMILES string of the molecule is O=C1C/C(=C\c2cnn3c(NC4CC4)cc(Nc4ccc(O)cc4Cl)nc23)C(=O)N1. The quantitative estimate of drug-likeness (QED) is 0.282. The minimum absolute atomic E-state index is 0.0322. The summed E-state index contributed by atoms with van der Waals surface area (Å²) in [6.07, 6.45) is 5.44. The molecule has 3 aromatic rings. The molecule has 0 spiro atoms. The van der Waals surface area contributed by atoms with Crippen LogP contribution in [0.4, 0.5) is 17.3 Å². The van der Waals surface area contributed by atoms with Gasteiger partial charge in [-0.25, -0.2) is 4.98 Å². The van der Waals surface area contributed by atoms with Gasteiger partial charge in [-0.15, -0.1) is 0 Å². The molecule has 1 aliphatic heterocycles. The first-order chi connectivity index (χ1) is 14.5. The zero-order valence-corrected chi connectivity index (χ0v) is 16.4. The van der Waals surface area contributed by atoms with Gasteiger partial charge in [0.15, 0.2) is 5.65 Å². The van der Waals surface area contributed by atoms with Gasteiger partial charge in [-0.1, -0.05) is 11.6 Å². The number of rotatable bonds is 5. The van der Waals surface area contributed by atoms with Crippen LogP contribution in [0, 0.1) is 0 Å². The number of halogens is 1. The second-order valence-electron chi connectivity index (χ2n) is 7.29. The van der Waals surface area contributed by atoms with E-state index in [4.69, 9.17) is 11.6 Å². The number of phenols is 1. The summed E-state index contributed by atoms with van der Waals surface area (Å²) in [5, 5.41) is 23.2. The van der Waals surface area contributed by atoms with Crippen molar-refractivity contribution in [3.8, 4) is 5.75 Å². The molecule has 1 saturated heterocycles. The zero-order valence-electron chi connectivity index (χ0n) is 15.6. The van der Waals surface area contributed by atoms with Crippen LogP contribution >= 0.6 is 11.6 Å². The Balaban J connectivity index is 1.58. The molecule has 5 rings (SSSR count). The fourth-order valence-electron chi connectivity index (χ4n) is 3.24. The van der Waals surface area contributed by atoms with Crippen LogP contribution in [0.3, 0.4) is 0 Å². The largest absolute Gasteiger partial charge is 0.508 e. The van der Waals surface area contributed by atoms with Gasteiger partial charge in [0.2, 0.25) is 5.91 Å². The maximum atomic E-state index is 11.9. The van der Waals surface area contributed by atoms with E-state index in [0.717, 1.165) is 18.7 Å². The highest BCUT2D eigenvalue weighted by molar-refractivity contribution is 6.33. The Labute approximate surface area is 175 Å². The number of fused-ring (bicyclic) bond motifs is 1. The molecule has 30 heavy (non-hydrogen) atoms. The van der Waals surface area contributed by atoms with Gasteiger partial charge in [0.1, 0.15) is 17.4 Å². The van der Waals surface area contributed by atoms with Crippen molar-refractivity contribution in [2.45, 2.75) is 25.3 Å². The highest BCUT2D eigenvalue weighted by atomic mass is 35.5. The summed E-state index contributed by atoms with van der Waals surface area (Å²) in [7, 11) is 0. The number of amides is 2. The van der Waals surface area contributed by atoms with Crippen molar-refractivity contribution < 1.29 is 14.7 Å². The van der Waals surface area contributed by atoms with E-state index in [-0.39, 0.29) is 18.1 Å². The Morgan fingerprint density at radius 1 is 1.27 bits per heavy atom.